The molecule has 0 amide bonds. The van der Waals surface area contributed by atoms with Crippen molar-refractivity contribution in [3.8, 4) is 0 Å². The highest BCUT2D eigenvalue weighted by Gasteiger charge is 2.30. The van der Waals surface area contributed by atoms with Gasteiger partial charge in [0.05, 0.1) is 17.1 Å². The van der Waals surface area contributed by atoms with Crippen molar-refractivity contribution in [3.63, 3.8) is 0 Å². The number of aromatic nitrogens is 4. The van der Waals surface area contributed by atoms with Gasteiger partial charge in [-0.1, -0.05) is 12.1 Å². The molecule has 1 saturated heterocycles. The molecule has 1 aliphatic rings. The van der Waals surface area contributed by atoms with Crippen LogP contribution in [-0.4, -0.2) is 33.6 Å². The van der Waals surface area contributed by atoms with Crippen LogP contribution in [0.5, 0.6) is 0 Å². The highest BCUT2D eigenvalue weighted by Crippen LogP contribution is 2.34. The number of H-pyrrole nitrogens is 1. The van der Waals surface area contributed by atoms with Crippen molar-refractivity contribution in [3.05, 3.63) is 47.7 Å². The summed E-state index contributed by atoms with van der Waals surface area (Å²) in [6.45, 7) is 3.40. The first-order valence-electron chi connectivity index (χ1n) is 8.29. The van der Waals surface area contributed by atoms with Crippen molar-refractivity contribution in [1.82, 2.24) is 19.9 Å². The van der Waals surface area contributed by atoms with Gasteiger partial charge >= 0.3 is 0 Å². The van der Waals surface area contributed by atoms with E-state index in [1.807, 2.05) is 31.2 Å². The maximum atomic E-state index is 5.19. The lowest BCUT2D eigenvalue weighted by Crippen LogP contribution is -2.25. The van der Waals surface area contributed by atoms with Crippen molar-refractivity contribution in [2.45, 2.75) is 32.4 Å². The van der Waals surface area contributed by atoms with E-state index in [-0.39, 0.29) is 6.04 Å². The van der Waals surface area contributed by atoms with Gasteiger partial charge in [0.1, 0.15) is 18.2 Å². The number of hydrogen-bond acceptors (Lipinski definition) is 5. The average molecular weight is 323 g/mol. The number of fused-ring (bicyclic) bond motifs is 1. The van der Waals surface area contributed by atoms with Crippen LogP contribution >= 0.6 is 0 Å². The van der Waals surface area contributed by atoms with Gasteiger partial charge in [-0.25, -0.2) is 15.0 Å². The second-order valence-corrected chi connectivity index (χ2v) is 6.21. The van der Waals surface area contributed by atoms with Gasteiger partial charge in [-0.05, 0) is 31.9 Å². The van der Waals surface area contributed by atoms with E-state index in [9.17, 15) is 0 Å². The summed E-state index contributed by atoms with van der Waals surface area (Å²) < 4.78 is 5.19. The summed E-state index contributed by atoms with van der Waals surface area (Å²) in [6, 6.07) is 10.4. The number of ether oxygens (including phenoxy) is 1. The summed E-state index contributed by atoms with van der Waals surface area (Å²) in [6.07, 6.45) is 2.20. The second kappa shape index (κ2) is 6.20. The van der Waals surface area contributed by atoms with E-state index < -0.39 is 0 Å². The molecule has 24 heavy (non-hydrogen) atoms. The molecule has 0 unspecified atom stereocenters. The van der Waals surface area contributed by atoms with Crippen molar-refractivity contribution in [2.24, 2.45) is 0 Å². The number of benzene rings is 1. The summed E-state index contributed by atoms with van der Waals surface area (Å²) in [5.41, 5.74) is 3.05. The Labute approximate surface area is 140 Å². The molecular weight excluding hydrogens is 302 g/mol. The van der Waals surface area contributed by atoms with E-state index >= 15 is 0 Å². The predicted molar refractivity (Wildman–Crippen MR) is 92.9 cm³/mol. The van der Waals surface area contributed by atoms with Gasteiger partial charge in [0.15, 0.2) is 5.82 Å². The Morgan fingerprint density at radius 1 is 1.25 bits per heavy atom. The van der Waals surface area contributed by atoms with Crippen LogP contribution in [0.1, 0.15) is 36.2 Å². The van der Waals surface area contributed by atoms with Crippen LogP contribution in [0, 0.1) is 6.92 Å². The first-order chi connectivity index (χ1) is 11.7. The molecule has 1 fully saturated rings. The lowest BCUT2D eigenvalue weighted by atomic mass is 10.2. The summed E-state index contributed by atoms with van der Waals surface area (Å²) in [7, 11) is 1.67. The number of para-hydroxylation sites is 2. The number of hydrogen-bond donors (Lipinski definition) is 1. The zero-order valence-corrected chi connectivity index (χ0v) is 14.0. The van der Waals surface area contributed by atoms with Crippen LogP contribution in [0.25, 0.3) is 11.0 Å². The van der Waals surface area contributed by atoms with Crippen molar-refractivity contribution >= 4 is 16.9 Å². The van der Waals surface area contributed by atoms with E-state index in [4.69, 9.17) is 9.72 Å². The monoisotopic (exact) mass is 323 g/mol. The summed E-state index contributed by atoms with van der Waals surface area (Å²) in [5, 5.41) is 0. The number of anilines is 1. The lowest BCUT2D eigenvalue weighted by Gasteiger charge is -2.24. The molecule has 3 heterocycles. The van der Waals surface area contributed by atoms with Gasteiger partial charge < -0.3 is 14.6 Å². The second-order valence-electron chi connectivity index (χ2n) is 6.21. The molecule has 4 rings (SSSR count). The SMILES string of the molecule is COCc1nc(C)cc(N2CCC[C@@H]2c2nc3ccccc3[nH]2)n1. The highest BCUT2D eigenvalue weighted by atomic mass is 16.5. The fourth-order valence-corrected chi connectivity index (χ4v) is 3.41. The quantitative estimate of drug-likeness (QED) is 0.799. The minimum Gasteiger partial charge on any atom is -0.377 e. The Hall–Kier alpha value is -2.47. The number of rotatable bonds is 4. The first-order valence-corrected chi connectivity index (χ1v) is 8.29. The summed E-state index contributed by atoms with van der Waals surface area (Å²) in [4.78, 5) is 19.7. The maximum Gasteiger partial charge on any atom is 0.156 e. The smallest absolute Gasteiger partial charge is 0.156 e. The minimum atomic E-state index is 0.224. The van der Waals surface area contributed by atoms with Crippen molar-refractivity contribution in [1.29, 1.82) is 0 Å². The van der Waals surface area contributed by atoms with Gasteiger partial charge in [-0.15, -0.1) is 0 Å². The van der Waals surface area contributed by atoms with Crippen molar-refractivity contribution in [2.75, 3.05) is 18.6 Å². The topological polar surface area (TPSA) is 66.9 Å². The lowest BCUT2D eigenvalue weighted by molar-refractivity contribution is 0.177. The molecule has 1 aliphatic heterocycles. The number of aryl methyl sites for hydroxylation is 1. The Morgan fingerprint density at radius 3 is 2.96 bits per heavy atom. The third kappa shape index (κ3) is 2.73. The van der Waals surface area contributed by atoms with Crippen molar-refractivity contribution < 1.29 is 4.74 Å². The maximum absolute atomic E-state index is 5.19. The fourth-order valence-electron chi connectivity index (χ4n) is 3.41. The van der Waals surface area contributed by atoms with Gasteiger partial charge in [-0.2, -0.15) is 0 Å². The van der Waals surface area contributed by atoms with E-state index in [1.165, 1.54) is 0 Å². The molecule has 1 aromatic carbocycles. The Kier molecular flexibility index (Phi) is 3.90. The average Bonchev–Trinajstić information content (AvgIpc) is 3.21. The summed E-state index contributed by atoms with van der Waals surface area (Å²) in [5.74, 6) is 2.69. The van der Waals surface area contributed by atoms with Crippen LogP contribution < -0.4 is 4.90 Å². The fraction of sp³-hybridized carbons (Fsp3) is 0.389. The molecule has 1 atom stereocenters. The third-order valence-corrected chi connectivity index (χ3v) is 4.43. The molecule has 3 aromatic rings. The molecule has 0 bridgehead atoms. The molecule has 6 heteroatoms. The van der Waals surface area contributed by atoms with E-state index in [0.717, 1.165) is 53.6 Å². The van der Waals surface area contributed by atoms with E-state index in [1.54, 1.807) is 7.11 Å². The number of aromatic amines is 1. The normalized spacial score (nSPS) is 17.8. The predicted octanol–water partition coefficient (Wildman–Crippen LogP) is 3.15. The molecule has 0 spiro atoms. The molecular formula is C18H21N5O. The molecule has 0 radical (unpaired) electrons. The van der Waals surface area contributed by atoms with Gasteiger partial charge in [0.2, 0.25) is 0 Å². The zero-order valence-electron chi connectivity index (χ0n) is 14.0. The van der Waals surface area contributed by atoms with Crippen LogP contribution in [-0.2, 0) is 11.3 Å². The first kappa shape index (κ1) is 15.1. The van der Waals surface area contributed by atoms with E-state index in [0.29, 0.717) is 6.61 Å². The van der Waals surface area contributed by atoms with Crippen LogP contribution in [0.3, 0.4) is 0 Å². The largest absolute Gasteiger partial charge is 0.377 e. The molecule has 0 saturated carbocycles. The summed E-state index contributed by atoms with van der Waals surface area (Å²) >= 11 is 0. The van der Waals surface area contributed by atoms with Gasteiger partial charge in [-0.3, -0.25) is 0 Å². The van der Waals surface area contributed by atoms with Gasteiger partial charge in [0, 0.05) is 25.4 Å². The minimum absolute atomic E-state index is 0.224. The Bertz CT molecular complexity index is 826. The Morgan fingerprint density at radius 2 is 2.12 bits per heavy atom. The number of methoxy groups -OCH3 is 1. The Balaban J connectivity index is 1.69. The standard InChI is InChI=1S/C18H21N5O/c1-12-10-17(22-16(19-12)11-24-2)23-9-5-8-15(23)18-20-13-6-3-4-7-14(13)21-18/h3-4,6-7,10,15H,5,8-9,11H2,1-2H3,(H,20,21)/t15-/m1/s1. The molecule has 2 aromatic heterocycles. The van der Waals surface area contributed by atoms with Crippen LogP contribution in [0.4, 0.5) is 5.82 Å². The van der Waals surface area contributed by atoms with Crippen LogP contribution in [0.2, 0.25) is 0 Å². The zero-order chi connectivity index (χ0) is 16.5. The highest BCUT2D eigenvalue weighted by molar-refractivity contribution is 5.75. The molecule has 1 N–H and O–H groups in total. The van der Waals surface area contributed by atoms with Crippen LogP contribution in [0.15, 0.2) is 30.3 Å². The van der Waals surface area contributed by atoms with Gasteiger partial charge in [0.25, 0.3) is 0 Å². The molecule has 124 valence electrons. The van der Waals surface area contributed by atoms with E-state index in [2.05, 4.69) is 25.9 Å². The third-order valence-electron chi connectivity index (χ3n) is 4.43. The molecule has 0 aliphatic carbocycles. The number of nitrogens with zero attached hydrogens (tertiary/aromatic N) is 4. The molecule has 6 nitrogen and oxygen atoms in total. The number of nitrogens with one attached hydrogen (secondary N) is 1. The number of imidazole rings is 1.